The van der Waals surface area contributed by atoms with Crippen LogP contribution in [0.1, 0.15) is 38.5 Å². The summed E-state index contributed by atoms with van der Waals surface area (Å²) in [6, 6.07) is -0.0555. The summed E-state index contributed by atoms with van der Waals surface area (Å²) in [5, 5.41) is 0. The molecule has 0 aromatic heterocycles. The van der Waals surface area contributed by atoms with Gasteiger partial charge in [-0.25, -0.2) is 13.1 Å². The molecular formula is C16H26N2O4S. The second kappa shape index (κ2) is 6.53. The average molecular weight is 342 g/mol. The molecule has 6 nitrogen and oxygen atoms in total. The van der Waals surface area contributed by atoms with Crippen molar-refractivity contribution in [2.75, 3.05) is 26.0 Å². The lowest BCUT2D eigenvalue weighted by molar-refractivity contribution is -0.147. The zero-order valence-electron chi connectivity index (χ0n) is 13.7. The van der Waals surface area contributed by atoms with Crippen molar-refractivity contribution in [3.63, 3.8) is 0 Å². The molecule has 3 rings (SSSR count). The number of sulfonamides is 1. The van der Waals surface area contributed by atoms with Crippen LogP contribution in [-0.2, 0) is 19.6 Å². The number of nitrogens with zero attached hydrogens (tertiary/aromatic N) is 1. The van der Waals surface area contributed by atoms with E-state index in [2.05, 4.69) is 16.9 Å². The number of carbonyl (C=O) groups is 1. The summed E-state index contributed by atoms with van der Waals surface area (Å²) in [6.45, 7) is 2.00. The second-order valence-corrected chi connectivity index (χ2v) is 8.86. The number of allylic oxidation sites excluding steroid dienone is 2. The van der Waals surface area contributed by atoms with Gasteiger partial charge in [0.15, 0.2) is 0 Å². The zero-order valence-corrected chi connectivity index (χ0v) is 14.5. The lowest BCUT2D eigenvalue weighted by atomic mass is 9.82. The largest absolute Gasteiger partial charge is 0.375 e. The molecule has 1 amide bonds. The Labute approximate surface area is 138 Å². The summed E-state index contributed by atoms with van der Waals surface area (Å²) >= 11 is 0. The predicted octanol–water partition coefficient (Wildman–Crippen LogP) is 1.04. The van der Waals surface area contributed by atoms with E-state index in [1.54, 1.807) is 0 Å². The van der Waals surface area contributed by atoms with Crippen molar-refractivity contribution < 1.29 is 17.9 Å². The molecular weight excluding hydrogens is 316 g/mol. The van der Waals surface area contributed by atoms with E-state index in [9.17, 15) is 13.2 Å². The Morgan fingerprint density at radius 2 is 1.91 bits per heavy atom. The average Bonchev–Trinajstić information content (AvgIpc) is 3.00. The molecule has 2 saturated heterocycles. The molecule has 7 heteroatoms. The molecule has 2 aliphatic heterocycles. The van der Waals surface area contributed by atoms with E-state index in [4.69, 9.17) is 4.74 Å². The van der Waals surface area contributed by atoms with Gasteiger partial charge in [0.2, 0.25) is 15.9 Å². The molecule has 1 atom stereocenters. The summed E-state index contributed by atoms with van der Waals surface area (Å²) in [7, 11) is -3.19. The third-order valence-corrected chi connectivity index (χ3v) is 5.98. The summed E-state index contributed by atoms with van der Waals surface area (Å²) in [6.07, 6.45) is 10.1. The lowest BCUT2D eigenvalue weighted by Crippen LogP contribution is -2.54. The van der Waals surface area contributed by atoms with Crippen molar-refractivity contribution in [3.8, 4) is 0 Å². The molecule has 130 valence electrons. The first kappa shape index (κ1) is 16.9. The van der Waals surface area contributed by atoms with Gasteiger partial charge in [0.05, 0.1) is 11.9 Å². The number of rotatable bonds is 3. The van der Waals surface area contributed by atoms with Gasteiger partial charge in [0.1, 0.15) is 0 Å². The maximum atomic E-state index is 12.5. The Kier molecular flexibility index (Phi) is 4.80. The maximum absolute atomic E-state index is 12.5. The van der Waals surface area contributed by atoms with Crippen LogP contribution in [0, 0.1) is 5.92 Å². The van der Waals surface area contributed by atoms with Crippen LogP contribution in [0.5, 0.6) is 0 Å². The van der Waals surface area contributed by atoms with Crippen LogP contribution in [-0.4, -0.2) is 56.8 Å². The number of likely N-dealkylation sites (tertiary alicyclic amines) is 1. The molecule has 2 fully saturated rings. The normalized spacial score (nSPS) is 28.4. The Balaban J connectivity index is 1.55. The third kappa shape index (κ3) is 4.14. The molecule has 3 aliphatic rings. The van der Waals surface area contributed by atoms with Crippen LogP contribution in [0.3, 0.4) is 0 Å². The number of hydrogen-bond donors (Lipinski definition) is 1. The fourth-order valence-electron chi connectivity index (χ4n) is 3.99. The molecule has 0 bridgehead atoms. The van der Waals surface area contributed by atoms with Crippen LogP contribution in [0.4, 0.5) is 0 Å². The highest BCUT2D eigenvalue weighted by Crippen LogP contribution is 2.36. The molecule has 0 aromatic carbocycles. The van der Waals surface area contributed by atoms with Gasteiger partial charge in [0, 0.05) is 31.7 Å². The lowest BCUT2D eigenvalue weighted by Gasteiger charge is -2.46. The Bertz CT molecular complexity index is 571. The molecule has 0 aromatic rings. The highest BCUT2D eigenvalue weighted by atomic mass is 32.2. The Hall–Kier alpha value is -0.920. The predicted molar refractivity (Wildman–Crippen MR) is 87.4 cm³/mol. The van der Waals surface area contributed by atoms with Crippen molar-refractivity contribution in [1.82, 2.24) is 9.62 Å². The minimum atomic E-state index is -3.19. The first-order valence-corrected chi connectivity index (χ1v) is 10.3. The van der Waals surface area contributed by atoms with Gasteiger partial charge in [-0.05, 0) is 38.5 Å². The Morgan fingerprint density at radius 3 is 2.52 bits per heavy atom. The number of ether oxygens (including phenoxy) is 1. The van der Waals surface area contributed by atoms with E-state index < -0.39 is 10.0 Å². The van der Waals surface area contributed by atoms with E-state index in [0.29, 0.717) is 32.5 Å². The van der Waals surface area contributed by atoms with Crippen LogP contribution < -0.4 is 4.72 Å². The fourth-order valence-corrected chi connectivity index (χ4v) is 4.80. The Morgan fingerprint density at radius 1 is 1.26 bits per heavy atom. The maximum Gasteiger partial charge on any atom is 0.226 e. The topological polar surface area (TPSA) is 75.7 Å². The summed E-state index contributed by atoms with van der Waals surface area (Å²) in [5.74, 6) is 0.377. The molecule has 0 radical (unpaired) electrons. The van der Waals surface area contributed by atoms with Crippen LogP contribution in [0.2, 0.25) is 0 Å². The van der Waals surface area contributed by atoms with Crippen LogP contribution in [0.15, 0.2) is 12.2 Å². The number of nitrogens with one attached hydrogen (secondary N) is 1. The number of hydrogen-bond acceptors (Lipinski definition) is 4. The van der Waals surface area contributed by atoms with Crippen LogP contribution >= 0.6 is 0 Å². The highest BCUT2D eigenvalue weighted by molar-refractivity contribution is 7.88. The number of piperidine rings is 1. The van der Waals surface area contributed by atoms with E-state index in [1.165, 1.54) is 6.26 Å². The smallest absolute Gasteiger partial charge is 0.226 e. The number of amides is 1. The summed E-state index contributed by atoms with van der Waals surface area (Å²) < 4.78 is 31.6. The molecule has 23 heavy (non-hydrogen) atoms. The van der Waals surface area contributed by atoms with Gasteiger partial charge in [-0.15, -0.1) is 0 Å². The quantitative estimate of drug-likeness (QED) is 0.778. The zero-order chi connectivity index (χ0) is 16.5. The SMILES string of the molecule is CS(=O)(=O)N[C@H]1CCOC2(CCN(C(=O)C3CC=CC3)CC2)C1. The van der Waals surface area contributed by atoms with Crippen molar-refractivity contribution in [1.29, 1.82) is 0 Å². The minimum Gasteiger partial charge on any atom is -0.375 e. The van der Waals surface area contributed by atoms with Gasteiger partial charge in [-0.1, -0.05) is 12.2 Å². The van der Waals surface area contributed by atoms with Crippen molar-refractivity contribution in [3.05, 3.63) is 12.2 Å². The summed E-state index contributed by atoms with van der Waals surface area (Å²) in [4.78, 5) is 14.4. The minimum absolute atomic E-state index is 0.0555. The standard InChI is InChI=1S/C16H26N2O4S/c1-23(20,21)17-14-6-11-22-16(12-14)7-9-18(10-8-16)15(19)13-4-2-3-5-13/h2-3,13-14,17H,4-12H2,1H3/t14-/m0/s1. The molecule has 1 spiro atoms. The molecule has 1 N–H and O–H groups in total. The van der Waals surface area contributed by atoms with E-state index >= 15 is 0 Å². The highest BCUT2D eigenvalue weighted by Gasteiger charge is 2.42. The van der Waals surface area contributed by atoms with Crippen molar-refractivity contribution in [2.24, 2.45) is 5.92 Å². The van der Waals surface area contributed by atoms with Crippen molar-refractivity contribution in [2.45, 2.75) is 50.2 Å². The molecule has 0 unspecified atom stereocenters. The molecule has 1 aliphatic carbocycles. The van der Waals surface area contributed by atoms with Gasteiger partial charge < -0.3 is 9.64 Å². The fraction of sp³-hybridized carbons (Fsp3) is 0.812. The van der Waals surface area contributed by atoms with Gasteiger partial charge in [0.25, 0.3) is 0 Å². The number of carbonyl (C=O) groups excluding carboxylic acids is 1. The third-order valence-electron chi connectivity index (χ3n) is 5.22. The van der Waals surface area contributed by atoms with Crippen molar-refractivity contribution >= 4 is 15.9 Å². The van der Waals surface area contributed by atoms with Crippen LogP contribution in [0.25, 0.3) is 0 Å². The summed E-state index contributed by atoms with van der Waals surface area (Å²) in [5.41, 5.74) is -0.273. The van der Waals surface area contributed by atoms with E-state index in [1.807, 2.05) is 4.90 Å². The van der Waals surface area contributed by atoms with Gasteiger partial charge in [-0.3, -0.25) is 4.79 Å². The monoisotopic (exact) mass is 342 g/mol. The van der Waals surface area contributed by atoms with Gasteiger partial charge in [-0.2, -0.15) is 0 Å². The molecule has 2 heterocycles. The first-order valence-electron chi connectivity index (χ1n) is 8.42. The second-order valence-electron chi connectivity index (χ2n) is 7.08. The van der Waals surface area contributed by atoms with E-state index in [0.717, 1.165) is 25.7 Å². The first-order chi connectivity index (χ1) is 10.9. The molecule has 0 saturated carbocycles. The van der Waals surface area contributed by atoms with Gasteiger partial charge >= 0.3 is 0 Å². The van der Waals surface area contributed by atoms with E-state index in [-0.39, 0.29) is 23.5 Å².